The Labute approximate surface area is 139 Å². The van der Waals surface area contributed by atoms with Crippen molar-refractivity contribution in [3.63, 3.8) is 0 Å². The summed E-state index contributed by atoms with van der Waals surface area (Å²) in [7, 11) is 0. The Kier molecular flexibility index (Phi) is 2.94. The molecule has 0 aliphatic heterocycles. The second-order valence-electron chi connectivity index (χ2n) is 8.24. The van der Waals surface area contributed by atoms with Crippen molar-refractivity contribution in [3.8, 4) is 0 Å². The van der Waals surface area contributed by atoms with Crippen LogP contribution < -0.4 is 11.0 Å². The van der Waals surface area contributed by atoms with Crippen molar-refractivity contribution in [2.75, 3.05) is 6.54 Å². The number of aromatic nitrogens is 3. The molecule has 0 unspecified atom stereocenters. The van der Waals surface area contributed by atoms with Crippen LogP contribution in [-0.4, -0.2) is 27.0 Å². The molecule has 2 aromatic heterocycles. The van der Waals surface area contributed by atoms with Crippen molar-refractivity contribution in [1.82, 2.24) is 19.9 Å². The van der Waals surface area contributed by atoms with Gasteiger partial charge in [0.1, 0.15) is 0 Å². The molecule has 2 aromatic rings. The minimum atomic E-state index is -0.319. The van der Waals surface area contributed by atoms with E-state index in [1.54, 1.807) is 18.3 Å². The zero-order valence-electron chi connectivity index (χ0n) is 13.6. The number of H-pyrrole nitrogens is 1. The van der Waals surface area contributed by atoms with E-state index in [2.05, 4.69) is 15.5 Å². The van der Waals surface area contributed by atoms with Crippen LogP contribution in [0.2, 0.25) is 0 Å². The summed E-state index contributed by atoms with van der Waals surface area (Å²) in [6.45, 7) is 0.755. The quantitative estimate of drug-likeness (QED) is 0.905. The van der Waals surface area contributed by atoms with Crippen molar-refractivity contribution in [2.24, 2.45) is 23.2 Å². The molecule has 4 bridgehead atoms. The van der Waals surface area contributed by atoms with Gasteiger partial charge >= 0.3 is 5.69 Å². The zero-order valence-corrected chi connectivity index (χ0v) is 13.6. The summed E-state index contributed by atoms with van der Waals surface area (Å²) in [4.78, 5) is 24.3. The van der Waals surface area contributed by atoms with Crippen LogP contribution in [0.4, 0.5) is 0 Å². The zero-order chi connectivity index (χ0) is 16.3. The number of amides is 1. The fourth-order valence-corrected chi connectivity index (χ4v) is 5.98. The first-order chi connectivity index (χ1) is 11.6. The van der Waals surface area contributed by atoms with Gasteiger partial charge in [-0.2, -0.15) is 5.10 Å². The second kappa shape index (κ2) is 4.94. The maximum atomic E-state index is 12.7. The van der Waals surface area contributed by atoms with Crippen LogP contribution in [0.25, 0.3) is 5.65 Å². The summed E-state index contributed by atoms with van der Waals surface area (Å²) in [5.74, 6) is 2.50. The summed E-state index contributed by atoms with van der Waals surface area (Å²) in [6.07, 6.45) is 9.65. The topological polar surface area (TPSA) is 79.3 Å². The van der Waals surface area contributed by atoms with Gasteiger partial charge in [-0.3, -0.25) is 4.79 Å². The smallest absolute Gasteiger partial charge is 0.347 e. The Morgan fingerprint density at radius 1 is 1.25 bits per heavy atom. The number of nitrogens with one attached hydrogen (secondary N) is 2. The SMILES string of the molecule is O=C(NCC12CC3CC(CC(C3)C1)C2)c1cccn2c(=O)[nH]nc12. The molecular formula is C18H22N4O2. The van der Waals surface area contributed by atoms with Crippen molar-refractivity contribution in [1.29, 1.82) is 0 Å². The van der Waals surface area contributed by atoms with Crippen LogP contribution in [-0.2, 0) is 0 Å². The number of fused-ring (bicyclic) bond motifs is 1. The third-order valence-electron chi connectivity index (χ3n) is 6.48. The molecule has 4 saturated carbocycles. The van der Waals surface area contributed by atoms with Crippen molar-refractivity contribution < 1.29 is 4.79 Å². The summed E-state index contributed by atoms with van der Waals surface area (Å²) in [6, 6.07) is 3.44. The predicted molar refractivity (Wildman–Crippen MR) is 88.8 cm³/mol. The van der Waals surface area contributed by atoms with Gasteiger partial charge < -0.3 is 5.32 Å². The molecule has 2 heterocycles. The van der Waals surface area contributed by atoms with Crippen molar-refractivity contribution in [3.05, 3.63) is 34.4 Å². The highest BCUT2D eigenvalue weighted by atomic mass is 16.2. The summed E-state index contributed by atoms with van der Waals surface area (Å²) < 4.78 is 1.37. The Bertz CT molecular complexity index is 830. The number of hydrogen-bond acceptors (Lipinski definition) is 3. The largest absolute Gasteiger partial charge is 0.351 e. The van der Waals surface area contributed by atoms with E-state index in [9.17, 15) is 9.59 Å². The minimum absolute atomic E-state index is 0.129. The van der Waals surface area contributed by atoms with Crippen molar-refractivity contribution in [2.45, 2.75) is 38.5 Å². The lowest BCUT2D eigenvalue weighted by molar-refractivity contribution is -0.0503. The van der Waals surface area contributed by atoms with E-state index in [4.69, 9.17) is 0 Å². The van der Waals surface area contributed by atoms with E-state index in [-0.39, 0.29) is 11.6 Å². The lowest BCUT2D eigenvalue weighted by Gasteiger charge is -2.56. The third-order valence-corrected chi connectivity index (χ3v) is 6.48. The number of hydrogen-bond donors (Lipinski definition) is 2. The molecule has 4 aliphatic rings. The Hall–Kier alpha value is -2.11. The molecule has 126 valence electrons. The normalized spacial score (nSPS) is 33.9. The van der Waals surface area contributed by atoms with E-state index in [0.29, 0.717) is 16.6 Å². The first-order valence-electron chi connectivity index (χ1n) is 8.96. The maximum Gasteiger partial charge on any atom is 0.347 e. The molecule has 0 radical (unpaired) electrons. The highest BCUT2D eigenvalue weighted by Crippen LogP contribution is 2.59. The van der Waals surface area contributed by atoms with Gasteiger partial charge in [0, 0.05) is 12.7 Å². The molecule has 0 aromatic carbocycles. The van der Waals surface area contributed by atoms with Crippen LogP contribution >= 0.6 is 0 Å². The Morgan fingerprint density at radius 3 is 2.58 bits per heavy atom. The fourth-order valence-electron chi connectivity index (χ4n) is 5.98. The van der Waals surface area contributed by atoms with E-state index in [1.165, 1.54) is 42.9 Å². The number of rotatable bonds is 3. The van der Waals surface area contributed by atoms with Gasteiger partial charge in [0.25, 0.3) is 5.91 Å². The maximum absolute atomic E-state index is 12.7. The Balaban J connectivity index is 1.36. The monoisotopic (exact) mass is 326 g/mol. The van der Waals surface area contributed by atoms with Crippen LogP contribution in [0.3, 0.4) is 0 Å². The summed E-state index contributed by atoms with van der Waals surface area (Å²) in [5, 5.41) is 9.53. The summed E-state index contributed by atoms with van der Waals surface area (Å²) in [5.41, 5.74) is 0.840. The molecule has 6 heteroatoms. The van der Waals surface area contributed by atoms with E-state index < -0.39 is 0 Å². The molecule has 6 rings (SSSR count). The molecule has 0 atom stereocenters. The minimum Gasteiger partial charge on any atom is -0.351 e. The van der Waals surface area contributed by atoms with Crippen LogP contribution in [0.15, 0.2) is 23.1 Å². The standard InChI is InChI=1S/C18H22N4O2/c23-16(14-2-1-3-22-15(14)20-21-17(22)24)19-10-18-7-11-4-12(8-18)6-13(5-11)9-18/h1-3,11-13H,4-10H2,(H,19,23)(H,21,24). The molecule has 1 amide bonds. The van der Waals surface area contributed by atoms with Gasteiger partial charge in [0.2, 0.25) is 0 Å². The van der Waals surface area contributed by atoms with E-state index in [0.717, 1.165) is 24.3 Å². The first kappa shape index (κ1) is 14.3. The number of nitrogens with zero attached hydrogens (tertiary/aromatic N) is 2. The van der Waals surface area contributed by atoms with Crippen LogP contribution in [0, 0.1) is 23.2 Å². The molecule has 24 heavy (non-hydrogen) atoms. The number of carbonyl (C=O) groups excluding carboxylic acids is 1. The van der Waals surface area contributed by atoms with Gasteiger partial charge in [-0.1, -0.05) is 0 Å². The van der Waals surface area contributed by atoms with Crippen LogP contribution in [0.1, 0.15) is 48.9 Å². The number of carbonyl (C=O) groups is 1. The fraction of sp³-hybridized carbons (Fsp3) is 0.611. The average molecular weight is 326 g/mol. The highest BCUT2D eigenvalue weighted by molar-refractivity contribution is 5.99. The predicted octanol–water partition coefficient (Wildman–Crippen LogP) is 1.97. The van der Waals surface area contributed by atoms with E-state index in [1.807, 2.05) is 0 Å². The summed E-state index contributed by atoms with van der Waals surface area (Å²) >= 11 is 0. The van der Waals surface area contributed by atoms with E-state index >= 15 is 0 Å². The molecule has 0 saturated heterocycles. The second-order valence-corrected chi connectivity index (χ2v) is 8.24. The molecule has 2 N–H and O–H groups in total. The highest BCUT2D eigenvalue weighted by Gasteiger charge is 2.50. The molecular weight excluding hydrogens is 304 g/mol. The Morgan fingerprint density at radius 2 is 1.92 bits per heavy atom. The third kappa shape index (κ3) is 2.12. The van der Waals surface area contributed by atoms with Gasteiger partial charge in [-0.15, -0.1) is 0 Å². The number of aromatic amines is 1. The lowest BCUT2D eigenvalue weighted by atomic mass is 9.49. The van der Waals surface area contributed by atoms with Gasteiger partial charge in [-0.25, -0.2) is 14.3 Å². The van der Waals surface area contributed by atoms with Gasteiger partial charge in [-0.05, 0) is 73.8 Å². The molecule has 0 spiro atoms. The average Bonchev–Trinajstić information content (AvgIpc) is 2.93. The number of pyridine rings is 1. The molecule has 4 aliphatic carbocycles. The van der Waals surface area contributed by atoms with Crippen molar-refractivity contribution >= 4 is 11.6 Å². The van der Waals surface area contributed by atoms with Gasteiger partial charge in [0.05, 0.1) is 5.56 Å². The van der Waals surface area contributed by atoms with Crippen LogP contribution in [0.5, 0.6) is 0 Å². The van der Waals surface area contributed by atoms with Gasteiger partial charge in [0.15, 0.2) is 5.65 Å². The molecule has 6 nitrogen and oxygen atoms in total. The lowest BCUT2D eigenvalue weighted by Crippen LogP contribution is -2.51. The first-order valence-corrected chi connectivity index (χ1v) is 8.96. The molecule has 4 fully saturated rings.